The van der Waals surface area contributed by atoms with E-state index in [1.807, 2.05) is 0 Å². The molecule has 0 amide bonds. The third-order valence-electron chi connectivity index (χ3n) is 3.05. The Balaban J connectivity index is 6.63. The van der Waals surface area contributed by atoms with Crippen LogP contribution in [0, 0.1) is 0 Å². The number of esters is 4. The van der Waals surface area contributed by atoms with Crippen molar-refractivity contribution in [1.82, 2.24) is 0 Å². The predicted octanol–water partition coefficient (Wildman–Crippen LogP) is 2.15. The Morgan fingerprint density at radius 1 is 0.667 bits per heavy atom. The Hall–Kier alpha value is -3.49. The molecule has 0 fully saturated rings. The van der Waals surface area contributed by atoms with Crippen LogP contribution >= 0.6 is 0 Å². The highest BCUT2D eigenvalue weighted by atomic mass is 19.4. The van der Waals surface area contributed by atoms with Crippen LogP contribution in [0.3, 0.4) is 0 Å². The lowest BCUT2D eigenvalue weighted by Crippen LogP contribution is -2.52. The van der Waals surface area contributed by atoms with Crippen molar-refractivity contribution < 1.29 is 95.6 Å². The maximum atomic E-state index is 12.6. The van der Waals surface area contributed by atoms with Gasteiger partial charge in [0, 0.05) is 0 Å². The van der Waals surface area contributed by atoms with E-state index in [2.05, 4.69) is 28.9 Å². The predicted molar refractivity (Wildman–Crippen MR) is 80.3 cm³/mol. The molecule has 36 heavy (non-hydrogen) atoms. The summed E-state index contributed by atoms with van der Waals surface area (Å²) in [5.74, 6) is -13.4. The number of alkyl halides is 12. The molecule has 0 aliphatic rings. The van der Waals surface area contributed by atoms with Gasteiger partial charge in [-0.3, -0.25) is 0 Å². The highest BCUT2D eigenvalue weighted by Crippen LogP contribution is 2.26. The number of rotatable bonds is 9. The molecule has 0 heterocycles. The number of hydrogen-bond acceptors (Lipinski definition) is 10. The Labute approximate surface area is 189 Å². The first kappa shape index (κ1) is 32.5. The zero-order chi connectivity index (χ0) is 28.7. The van der Waals surface area contributed by atoms with Gasteiger partial charge in [0.2, 0.25) is 0 Å². The number of nitrogens with zero attached hydrogens (tertiary/aromatic N) is 1. The van der Waals surface area contributed by atoms with Gasteiger partial charge in [0.05, 0.1) is 6.21 Å². The minimum atomic E-state index is -6.07. The topological polar surface area (TPSA) is 127 Å². The molecule has 0 aliphatic carbocycles. The molecule has 0 aromatic heterocycles. The lowest BCUT2D eigenvalue weighted by atomic mass is 10.1. The third-order valence-corrected chi connectivity index (χ3v) is 3.05. The first-order valence-corrected chi connectivity index (χ1v) is 8.15. The molecule has 3 atom stereocenters. The van der Waals surface area contributed by atoms with Crippen LogP contribution in [-0.2, 0) is 43.0 Å². The van der Waals surface area contributed by atoms with Crippen molar-refractivity contribution >= 4 is 30.1 Å². The monoisotopic (exact) mass is 563 g/mol. The number of carbonyl (C=O) groups is 4. The molecule has 3 unspecified atom stereocenters. The van der Waals surface area contributed by atoms with Crippen molar-refractivity contribution in [2.45, 2.75) is 43.0 Å². The molecule has 0 aromatic rings. The van der Waals surface area contributed by atoms with Crippen molar-refractivity contribution in [3.05, 3.63) is 0 Å². The van der Waals surface area contributed by atoms with Crippen LogP contribution in [0.4, 0.5) is 52.7 Å². The maximum Gasteiger partial charge on any atom is 0.490 e. The summed E-state index contributed by atoms with van der Waals surface area (Å²) in [5, 5.41) is 2.65. The van der Waals surface area contributed by atoms with Crippen LogP contribution in [0.5, 0.6) is 0 Å². The van der Waals surface area contributed by atoms with E-state index >= 15 is 0 Å². The first-order valence-electron chi connectivity index (χ1n) is 8.15. The Kier molecular flexibility index (Phi) is 10.8. The molecule has 0 rings (SSSR count). The van der Waals surface area contributed by atoms with E-state index in [1.165, 1.54) is 0 Å². The molecular weight excluding hydrogens is 554 g/mol. The second-order valence-electron chi connectivity index (χ2n) is 5.71. The van der Waals surface area contributed by atoms with Crippen LogP contribution in [0.25, 0.3) is 0 Å². The molecule has 0 bridgehead atoms. The zero-order valence-electron chi connectivity index (χ0n) is 16.7. The molecule has 0 aliphatic heterocycles. The number of oxime groups is 1. The van der Waals surface area contributed by atoms with E-state index in [0.29, 0.717) is 7.11 Å². The SMILES string of the molecule is CO/N=C/C(OC(=O)C(F)(F)F)C(OC(=O)C(F)(F)F)C(COC(=O)C(F)(F)F)OC(=O)C(F)(F)F. The standard InChI is InChI=1S/C14H9F12NO9/c1-32-27-2-4(34-8(29)12(18,19)20)6(36-10(31)14(24,25)26)5(35-9(30)13(21,22)23)3-33-7(28)11(15,16)17/h2,4-6H,3H2,1H3/b27-2+. The van der Waals surface area contributed by atoms with Crippen molar-refractivity contribution in [3.8, 4) is 0 Å². The summed E-state index contributed by atoms with van der Waals surface area (Å²) in [7, 11) is 0.613. The normalized spacial score (nSPS) is 15.5. The number of ether oxygens (including phenoxy) is 4. The molecule has 0 saturated heterocycles. The van der Waals surface area contributed by atoms with Crippen molar-refractivity contribution in [1.29, 1.82) is 0 Å². The van der Waals surface area contributed by atoms with Crippen LogP contribution in [0.15, 0.2) is 5.16 Å². The fraction of sp³-hybridized carbons (Fsp3) is 0.643. The average molecular weight is 563 g/mol. The molecule has 0 aromatic carbocycles. The number of halogens is 12. The van der Waals surface area contributed by atoms with Gasteiger partial charge in [-0.2, -0.15) is 52.7 Å². The molecule has 0 N–H and O–H groups in total. The summed E-state index contributed by atoms with van der Waals surface area (Å²) < 4.78 is 164. The molecule has 0 saturated carbocycles. The summed E-state index contributed by atoms with van der Waals surface area (Å²) in [6.45, 7) is -2.32. The molecule has 0 spiro atoms. The minimum absolute atomic E-state index is 0.238. The van der Waals surface area contributed by atoms with Gasteiger partial charge < -0.3 is 23.8 Å². The van der Waals surface area contributed by atoms with Gasteiger partial charge >= 0.3 is 48.6 Å². The summed E-state index contributed by atoms with van der Waals surface area (Å²) in [6.07, 6.45) is -34.3. The Morgan fingerprint density at radius 2 is 1.06 bits per heavy atom. The summed E-state index contributed by atoms with van der Waals surface area (Å²) in [5.41, 5.74) is 0. The van der Waals surface area contributed by atoms with Crippen molar-refractivity contribution in [3.63, 3.8) is 0 Å². The van der Waals surface area contributed by atoms with Gasteiger partial charge in [-0.15, -0.1) is 0 Å². The number of hydrogen-bond donors (Lipinski definition) is 0. The van der Waals surface area contributed by atoms with Gasteiger partial charge in [0.15, 0.2) is 18.3 Å². The van der Waals surface area contributed by atoms with Crippen LogP contribution in [-0.4, -0.2) is 86.8 Å². The molecule has 10 nitrogen and oxygen atoms in total. The van der Waals surface area contributed by atoms with Crippen LogP contribution < -0.4 is 0 Å². The second kappa shape index (κ2) is 12.0. The lowest BCUT2D eigenvalue weighted by molar-refractivity contribution is -0.236. The van der Waals surface area contributed by atoms with Gasteiger partial charge in [0.1, 0.15) is 13.7 Å². The maximum absolute atomic E-state index is 12.6. The van der Waals surface area contributed by atoms with Crippen LogP contribution in [0.1, 0.15) is 0 Å². The largest absolute Gasteiger partial charge is 0.490 e. The van der Waals surface area contributed by atoms with E-state index in [-0.39, 0.29) is 6.21 Å². The van der Waals surface area contributed by atoms with Crippen LogP contribution in [0.2, 0.25) is 0 Å². The first-order chi connectivity index (χ1) is 16.0. The van der Waals surface area contributed by atoms with Crippen molar-refractivity contribution in [2.75, 3.05) is 13.7 Å². The summed E-state index contributed by atoms with van der Waals surface area (Å²) in [4.78, 5) is 48.1. The highest BCUT2D eigenvalue weighted by molar-refractivity contribution is 5.80. The molecule has 0 radical (unpaired) electrons. The van der Waals surface area contributed by atoms with E-state index in [0.717, 1.165) is 0 Å². The molecule has 208 valence electrons. The van der Waals surface area contributed by atoms with Gasteiger partial charge in [-0.05, 0) is 0 Å². The van der Waals surface area contributed by atoms with E-state index < -0.39 is 73.5 Å². The van der Waals surface area contributed by atoms with Gasteiger partial charge in [0.25, 0.3) is 0 Å². The molecule has 22 heteroatoms. The minimum Gasteiger partial charge on any atom is -0.455 e. The Morgan fingerprint density at radius 3 is 1.44 bits per heavy atom. The third kappa shape index (κ3) is 10.8. The fourth-order valence-corrected chi connectivity index (χ4v) is 1.68. The van der Waals surface area contributed by atoms with Crippen molar-refractivity contribution in [2.24, 2.45) is 5.16 Å². The zero-order valence-corrected chi connectivity index (χ0v) is 16.7. The Bertz CT molecular complexity index is 831. The highest BCUT2D eigenvalue weighted by Gasteiger charge is 2.52. The molecular formula is C14H9F12NO9. The number of carbonyl (C=O) groups excluding carboxylic acids is 4. The second-order valence-corrected chi connectivity index (χ2v) is 5.71. The van der Waals surface area contributed by atoms with Gasteiger partial charge in [-0.1, -0.05) is 5.16 Å². The summed E-state index contributed by atoms with van der Waals surface area (Å²) >= 11 is 0. The van der Waals surface area contributed by atoms with E-state index in [4.69, 9.17) is 0 Å². The van der Waals surface area contributed by atoms with E-state index in [9.17, 15) is 71.9 Å². The summed E-state index contributed by atoms with van der Waals surface area (Å²) in [6, 6.07) is 0. The fourth-order valence-electron chi connectivity index (χ4n) is 1.68. The van der Waals surface area contributed by atoms with E-state index in [1.54, 1.807) is 0 Å². The quantitative estimate of drug-likeness (QED) is 0.136. The van der Waals surface area contributed by atoms with Gasteiger partial charge in [-0.25, -0.2) is 19.2 Å². The average Bonchev–Trinajstić information content (AvgIpc) is 2.68. The lowest BCUT2D eigenvalue weighted by Gasteiger charge is -2.30. The smallest absolute Gasteiger partial charge is 0.455 e.